The van der Waals surface area contributed by atoms with Crippen LogP contribution in [0.5, 0.6) is 0 Å². The van der Waals surface area contributed by atoms with E-state index >= 15 is 0 Å². The third-order valence-corrected chi connectivity index (χ3v) is 4.29. The van der Waals surface area contributed by atoms with E-state index in [1.54, 1.807) is 0 Å². The fourth-order valence-electron chi connectivity index (χ4n) is 2.51. The highest BCUT2D eigenvalue weighted by Crippen LogP contribution is 2.21. The Hall–Kier alpha value is -1.81. The summed E-state index contributed by atoms with van der Waals surface area (Å²) in [6, 6.07) is 8.74. The molecule has 20 heavy (non-hydrogen) atoms. The number of hydrogen-bond donors (Lipinski definition) is 1. The predicted octanol–water partition coefficient (Wildman–Crippen LogP) is 3.89. The van der Waals surface area contributed by atoms with E-state index in [1.165, 1.54) is 54.9 Å². The van der Waals surface area contributed by atoms with Crippen molar-refractivity contribution in [1.29, 1.82) is 0 Å². The first-order valence-electron chi connectivity index (χ1n) is 7.05. The summed E-state index contributed by atoms with van der Waals surface area (Å²) in [5.74, 6) is 0. The van der Waals surface area contributed by atoms with Crippen LogP contribution in [0.15, 0.2) is 29.6 Å². The smallest absolute Gasteiger partial charge is 0.180 e. The topological polar surface area (TPSA) is 42.1 Å². The van der Waals surface area contributed by atoms with Crippen LogP contribution in [0.3, 0.4) is 0 Å². The second-order valence-electron chi connectivity index (χ2n) is 5.08. The third-order valence-electron chi connectivity index (χ3n) is 3.60. The number of thiazole rings is 1. The Morgan fingerprint density at radius 3 is 2.45 bits per heavy atom. The van der Waals surface area contributed by atoms with Gasteiger partial charge in [0.05, 0.1) is 5.69 Å². The van der Waals surface area contributed by atoms with Crippen LogP contribution >= 0.6 is 11.3 Å². The molecule has 1 saturated heterocycles. The van der Waals surface area contributed by atoms with Gasteiger partial charge in [-0.25, -0.2) is 4.98 Å². The van der Waals surface area contributed by atoms with Gasteiger partial charge in [0, 0.05) is 24.2 Å². The summed E-state index contributed by atoms with van der Waals surface area (Å²) >= 11 is 1.47. The average Bonchev–Trinajstić information content (AvgIpc) is 2.92. The van der Waals surface area contributed by atoms with Crippen molar-refractivity contribution in [2.75, 3.05) is 23.7 Å². The highest BCUT2D eigenvalue weighted by atomic mass is 32.1. The van der Waals surface area contributed by atoms with Gasteiger partial charge in [-0.3, -0.25) is 0 Å². The minimum atomic E-state index is 0.616. The van der Waals surface area contributed by atoms with E-state index in [-0.39, 0.29) is 0 Å². The lowest BCUT2D eigenvalue weighted by atomic mass is 10.1. The summed E-state index contributed by atoms with van der Waals surface area (Å²) in [6.45, 7) is 2.38. The van der Waals surface area contributed by atoms with E-state index in [9.17, 15) is 0 Å². The Morgan fingerprint density at radius 1 is 1.05 bits per heavy atom. The van der Waals surface area contributed by atoms with Crippen molar-refractivity contribution < 1.29 is 0 Å². The first-order valence-corrected chi connectivity index (χ1v) is 7.93. The molecule has 0 bridgehead atoms. The summed E-state index contributed by atoms with van der Waals surface area (Å²) < 4.78 is 0. The Bertz CT molecular complexity index is 580. The van der Waals surface area contributed by atoms with Crippen molar-refractivity contribution in [3.63, 3.8) is 0 Å². The first-order chi connectivity index (χ1) is 9.81. The molecule has 0 radical (unpaired) electrons. The molecule has 0 aliphatic carbocycles. The summed E-state index contributed by atoms with van der Waals surface area (Å²) in [6.07, 6.45) is 8.07. The van der Waals surface area contributed by atoms with E-state index in [1.807, 2.05) is 11.5 Å². The molecular formula is C16H19N3S. The number of anilines is 2. The molecule has 1 aliphatic heterocycles. The monoisotopic (exact) mass is 285 g/mol. The number of nitrogens with zero attached hydrogens (tertiary/aromatic N) is 2. The molecule has 1 fully saturated rings. The van der Waals surface area contributed by atoms with Gasteiger partial charge in [-0.2, -0.15) is 0 Å². The zero-order chi connectivity index (χ0) is 13.8. The molecule has 4 heteroatoms. The van der Waals surface area contributed by atoms with Gasteiger partial charge in [-0.05, 0) is 43.0 Å². The minimum Gasteiger partial charge on any atom is -0.375 e. The maximum absolute atomic E-state index is 5.62. The Balaban J connectivity index is 1.68. The number of nitrogens with two attached hydrogens (primary N) is 1. The average molecular weight is 285 g/mol. The van der Waals surface area contributed by atoms with Crippen LogP contribution in [0.25, 0.3) is 12.2 Å². The van der Waals surface area contributed by atoms with Crippen molar-refractivity contribution in [1.82, 2.24) is 4.98 Å². The molecule has 3 nitrogen and oxygen atoms in total. The van der Waals surface area contributed by atoms with Crippen LogP contribution in [0, 0.1) is 0 Å². The van der Waals surface area contributed by atoms with Gasteiger partial charge in [0.2, 0.25) is 0 Å². The standard InChI is InChI=1S/C16H19N3S/c17-16-18-14(12-20-16)7-4-13-5-8-15(9-6-13)19-10-2-1-3-11-19/h4-9,12H,1-3,10-11H2,(H2,17,18). The molecule has 1 aromatic carbocycles. The fourth-order valence-corrected chi connectivity index (χ4v) is 3.04. The van der Waals surface area contributed by atoms with Crippen molar-refractivity contribution in [2.45, 2.75) is 19.3 Å². The quantitative estimate of drug-likeness (QED) is 0.930. The van der Waals surface area contributed by atoms with Crippen LogP contribution in [0.2, 0.25) is 0 Å². The molecule has 0 spiro atoms. The zero-order valence-corrected chi connectivity index (χ0v) is 12.3. The van der Waals surface area contributed by atoms with Crippen LogP contribution < -0.4 is 10.6 Å². The lowest BCUT2D eigenvalue weighted by Crippen LogP contribution is -2.29. The van der Waals surface area contributed by atoms with Gasteiger partial charge >= 0.3 is 0 Å². The molecule has 2 aromatic rings. The predicted molar refractivity (Wildman–Crippen MR) is 88.0 cm³/mol. The lowest BCUT2D eigenvalue weighted by Gasteiger charge is -2.28. The first kappa shape index (κ1) is 13.2. The van der Waals surface area contributed by atoms with Gasteiger partial charge in [0.1, 0.15) is 0 Å². The minimum absolute atomic E-state index is 0.616. The molecule has 2 heterocycles. The SMILES string of the molecule is Nc1nc(C=Cc2ccc(N3CCCCC3)cc2)cs1. The van der Waals surface area contributed by atoms with E-state index in [4.69, 9.17) is 5.73 Å². The highest BCUT2D eigenvalue weighted by molar-refractivity contribution is 7.13. The molecule has 0 saturated carbocycles. The Labute approximate surface area is 123 Å². The van der Waals surface area contributed by atoms with Crippen molar-refractivity contribution in [2.24, 2.45) is 0 Å². The van der Waals surface area contributed by atoms with Crippen molar-refractivity contribution >= 4 is 34.3 Å². The summed E-state index contributed by atoms with van der Waals surface area (Å²) in [4.78, 5) is 6.69. The molecule has 2 N–H and O–H groups in total. The van der Waals surface area contributed by atoms with Gasteiger partial charge in [0.25, 0.3) is 0 Å². The van der Waals surface area contributed by atoms with Crippen molar-refractivity contribution in [3.05, 3.63) is 40.9 Å². The normalized spacial score (nSPS) is 15.9. The van der Waals surface area contributed by atoms with E-state index < -0.39 is 0 Å². The summed E-state index contributed by atoms with van der Waals surface area (Å²) in [5.41, 5.74) is 9.07. The van der Waals surface area contributed by atoms with Crippen LogP contribution in [-0.2, 0) is 0 Å². The second kappa shape index (κ2) is 6.09. The van der Waals surface area contributed by atoms with Crippen LogP contribution in [0.1, 0.15) is 30.5 Å². The Morgan fingerprint density at radius 2 is 1.80 bits per heavy atom. The van der Waals surface area contributed by atoms with E-state index in [0.717, 1.165) is 5.69 Å². The van der Waals surface area contributed by atoms with Gasteiger partial charge in [-0.15, -0.1) is 11.3 Å². The molecular weight excluding hydrogens is 266 g/mol. The molecule has 0 atom stereocenters. The van der Waals surface area contributed by atoms with Crippen LogP contribution in [-0.4, -0.2) is 18.1 Å². The number of hydrogen-bond acceptors (Lipinski definition) is 4. The van der Waals surface area contributed by atoms with Gasteiger partial charge in [-0.1, -0.05) is 18.2 Å². The second-order valence-corrected chi connectivity index (χ2v) is 5.97. The maximum atomic E-state index is 5.62. The number of nitrogen functional groups attached to an aromatic ring is 1. The molecule has 0 amide bonds. The molecule has 104 valence electrons. The van der Waals surface area contributed by atoms with E-state index in [0.29, 0.717) is 5.13 Å². The number of piperidine rings is 1. The lowest BCUT2D eigenvalue weighted by molar-refractivity contribution is 0.578. The molecule has 1 aromatic heterocycles. The third kappa shape index (κ3) is 3.20. The van der Waals surface area contributed by atoms with Crippen LogP contribution in [0.4, 0.5) is 10.8 Å². The number of benzene rings is 1. The molecule has 0 unspecified atom stereocenters. The number of rotatable bonds is 3. The highest BCUT2D eigenvalue weighted by Gasteiger charge is 2.09. The Kier molecular flexibility index (Phi) is 4.02. The van der Waals surface area contributed by atoms with Crippen molar-refractivity contribution in [3.8, 4) is 0 Å². The fraction of sp³-hybridized carbons (Fsp3) is 0.312. The summed E-state index contributed by atoms with van der Waals surface area (Å²) in [5, 5.41) is 2.58. The molecule has 3 rings (SSSR count). The summed E-state index contributed by atoms with van der Waals surface area (Å²) in [7, 11) is 0. The van der Waals surface area contributed by atoms with Gasteiger partial charge < -0.3 is 10.6 Å². The number of aromatic nitrogens is 1. The largest absolute Gasteiger partial charge is 0.375 e. The molecule has 1 aliphatic rings. The zero-order valence-electron chi connectivity index (χ0n) is 11.5. The van der Waals surface area contributed by atoms with Gasteiger partial charge in [0.15, 0.2) is 5.13 Å². The van der Waals surface area contributed by atoms with E-state index in [2.05, 4.69) is 40.2 Å². The maximum Gasteiger partial charge on any atom is 0.180 e.